The van der Waals surface area contributed by atoms with Gasteiger partial charge in [0.15, 0.2) is 0 Å². The summed E-state index contributed by atoms with van der Waals surface area (Å²) in [6.07, 6.45) is 10.3. The van der Waals surface area contributed by atoms with Crippen LogP contribution >= 0.6 is 0 Å². The molecule has 3 fully saturated rings. The molecule has 0 atom stereocenters. The first kappa shape index (κ1) is 10.1. The number of likely N-dealkylation sites (tertiary alicyclic amines) is 1. The molecule has 1 aliphatic carbocycles. The van der Waals surface area contributed by atoms with Crippen LogP contribution in [0, 0.1) is 5.41 Å². The van der Waals surface area contributed by atoms with Crippen LogP contribution in [0.3, 0.4) is 0 Å². The smallest absolute Gasteiger partial charge is 0.00954 e. The summed E-state index contributed by atoms with van der Waals surface area (Å²) < 4.78 is 0. The maximum atomic E-state index is 3.50. The lowest BCUT2D eigenvalue weighted by atomic mass is 9.78. The third kappa shape index (κ3) is 1.94. The lowest BCUT2D eigenvalue weighted by Crippen LogP contribution is -2.40. The molecule has 3 rings (SSSR count). The standard InChI is InChI=1S/C13H24N2/c1-2-4-12(3-1)15-10-7-13(11-15)5-8-14-9-6-13/h12,14H,1-11H2. The molecule has 2 saturated heterocycles. The number of piperidine rings is 1. The number of nitrogens with zero attached hydrogens (tertiary/aromatic N) is 1. The Bertz CT molecular complexity index is 215. The SMILES string of the molecule is C1CCC(N2CCC3(CCNCC3)C2)C1. The first-order valence-electron chi connectivity index (χ1n) is 6.83. The molecule has 2 heterocycles. The largest absolute Gasteiger partial charge is 0.317 e. The van der Waals surface area contributed by atoms with Crippen molar-refractivity contribution in [1.29, 1.82) is 0 Å². The Balaban J connectivity index is 1.61. The molecular formula is C13H24N2. The van der Waals surface area contributed by atoms with Crippen molar-refractivity contribution in [3.63, 3.8) is 0 Å². The summed E-state index contributed by atoms with van der Waals surface area (Å²) in [6.45, 7) is 5.33. The van der Waals surface area contributed by atoms with E-state index in [4.69, 9.17) is 0 Å². The van der Waals surface area contributed by atoms with E-state index >= 15 is 0 Å². The fraction of sp³-hybridized carbons (Fsp3) is 1.00. The lowest BCUT2D eigenvalue weighted by Gasteiger charge is -2.35. The van der Waals surface area contributed by atoms with E-state index in [0.29, 0.717) is 5.41 Å². The second kappa shape index (κ2) is 4.06. The molecule has 2 aliphatic heterocycles. The fourth-order valence-corrected chi connectivity index (χ4v) is 3.92. The topological polar surface area (TPSA) is 15.3 Å². The molecule has 1 saturated carbocycles. The van der Waals surface area contributed by atoms with E-state index in [1.165, 1.54) is 71.1 Å². The molecule has 15 heavy (non-hydrogen) atoms. The molecular weight excluding hydrogens is 184 g/mol. The zero-order chi connectivity index (χ0) is 10.1. The molecule has 1 N–H and O–H groups in total. The number of nitrogens with one attached hydrogen (secondary N) is 1. The Hall–Kier alpha value is -0.0800. The van der Waals surface area contributed by atoms with E-state index in [9.17, 15) is 0 Å². The summed E-state index contributed by atoms with van der Waals surface area (Å²) in [5, 5.41) is 3.50. The lowest BCUT2D eigenvalue weighted by molar-refractivity contribution is 0.170. The van der Waals surface area contributed by atoms with Gasteiger partial charge >= 0.3 is 0 Å². The quantitative estimate of drug-likeness (QED) is 0.709. The Morgan fingerprint density at radius 2 is 1.73 bits per heavy atom. The summed E-state index contributed by atoms with van der Waals surface area (Å²) >= 11 is 0. The van der Waals surface area contributed by atoms with Crippen LogP contribution in [0.5, 0.6) is 0 Å². The van der Waals surface area contributed by atoms with Crippen molar-refractivity contribution in [2.45, 2.75) is 51.0 Å². The number of hydrogen-bond acceptors (Lipinski definition) is 2. The van der Waals surface area contributed by atoms with Crippen molar-refractivity contribution < 1.29 is 0 Å². The Morgan fingerprint density at radius 3 is 2.47 bits per heavy atom. The minimum Gasteiger partial charge on any atom is -0.317 e. The molecule has 2 nitrogen and oxygen atoms in total. The van der Waals surface area contributed by atoms with Gasteiger partial charge in [-0.1, -0.05) is 12.8 Å². The number of rotatable bonds is 1. The first-order valence-corrected chi connectivity index (χ1v) is 6.83. The van der Waals surface area contributed by atoms with Crippen molar-refractivity contribution in [2.24, 2.45) is 5.41 Å². The third-order valence-corrected chi connectivity index (χ3v) is 4.97. The minimum absolute atomic E-state index is 0.716. The predicted molar refractivity (Wildman–Crippen MR) is 63.0 cm³/mol. The van der Waals surface area contributed by atoms with Crippen LogP contribution in [0.4, 0.5) is 0 Å². The maximum Gasteiger partial charge on any atom is 0.00954 e. The molecule has 0 aromatic rings. The van der Waals surface area contributed by atoms with Gasteiger partial charge in [0.1, 0.15) is 0 Å². The molecule has 86 valence electrons. The van der Waals surface area contributed by atoms with E-state index in [1.807, 2.05) is 0 Å². The van der Waals surface area contributed by atoms with Gasteiger partial charge in [0.05, 0.1) is 0 Å². The van der Waals surface area contributed by atoms with Crippen molar-refractivity contribution >= 4 is 0 Å². The monoisotopic (exact) mass is 208 g/mol. The van der Waals surface area contributed by atoms with Gasteiger partial charge in [-0.2, -0.15) is 0 Å². The average Bonchev–Trinajstić information content (AvgIpc) is 2.88. The number of hydrogen-bond donors (Lipinski definition) is 1. The normalized spacial score (nSPS) is 32.8. The molecule has 0 aromatic heterocycles. The van der Waals surface area contributed by atoms with Crippen molar-refractivity contribution in [3.8, 4) is 0 Å². The van der Waals surface area contributed by atoms with Gasteiger partial charge < -0.3 is 5.32 Å². The highest BCUT2D eigenvalue weighted by Crippen LogP contribution is 2.41. The zero-order valence-electron chi connectivity index (χ0n) is 9.80. The van der Waals surface area contributed by atoms with Crippen molar-refractivity contribution in [1.82, 2.24) is 10.2 Å². The molecule has 1 spiro atoms. The van der Waals surface area contributed by atoms with Crippen LogP contribution in [0.1, 0.15) is 44.9 Å². The predicted octanol–water partition coefficient (Wildman–Crippen LogP) is 2.00. The highest BCUT2D eigenvalue weighted by molar-refractivity contribution is 4.95. The van der Waals surface area contributed by atoms with Crippen LogP contribution in [0.2, 0.25) is 0 Å². The fourth-order valence-electron chi connectivity index (χ4n) is 3.92. The van der Waals surface area contributed by atoms with E-state index in [-0.39, 0.29) is 0 Å². The molecule has 2 heteroatoms. The van der Waals surface area contributed by atoms with E-state index in [2.05, 4.69) is 10.2 Å². The molecule has 0 radical (unpaired) electrons. The summed E-state index contributed by atoms with van der Waals surface area (Å²) in [7, 11) is 0. The molecule has 3 aliphatic rings. The van der Waals surface area contributed by atoms with E-state index in [1.54, 1.807) is 0 Å². The highest BCUT2D eigenvalue weighted by atomic mass is 15.2. The Labute approximate surface area is 93.4 Å². The van der Waals surface area contributed by atoms with Crippen molar-refractivity contribution in [2.75, 3.05) is 26.2 Å². The van der Waals surface area contributed by atoms with Gasteiger partial charge in [-0.15, -0.1) is 0 Å². The molecule has 0 bridgehead atoms. The van der Waals surface area contributed by atoms with Crippen LogP contribution < -0.4 is 5.32 Å². The maximum absolute atomic E-state index is 3.50. The molecule has 0 amide bonds. The van der Waals surface area contributed by atoms with Gasteiger partial charge in [-0.3, -0.25) is 4.90 Å². The Morgan fingerprint density at radius 1 is 1.00 bits per heavy atom. The second-order valence-corrected chi connectivity index (χ2v) is 5.91. The van der Waals surface area contributed by atoms with Crippen LogP contribution in [0.25, 0.3) is 0 Å². The highest BCUT2D eigenvalue weighted by Gasteiger charge is 2.41. The molecule has 0 aromatic carbocycles. The molecule has 0 unspecified atom stereocenters. The summed E-state index contributed by atoms with van der Waals surface area (Å²) in [5.41, 5.74) is 0.716. The van der Waals surface area contributed by atoms with E-state index in [0.717, 1.165) is 6.04 Å². The van der Waals surface area contributed by atoms with Crippen LogP contribution in [-0.4, -0.2) is 37.1 Å². The summed E-state index contributed by atoms with van der Waals surface area (Å²) in [6, 6.07) is 0.958. The minimum atomic E-state index is 0.716. The third-order valence-electron chi connectivity index (χ3n) is 4.97. The van der Waals surface area contributed by atoms with Crippen molar-refractivity contribution in [3.05, 3.63) is 0 Å². The van der Waals surface area contributed by atoms with Crippen LogP contribution in [-0.2, 0) is 0 Å². The van der Waals surface area contributed by atoms with Gasteiger partial charge in [-0.05, 0) is 57.2 Å². The van der Waals surface area contributed by atoms with E-state index < -0.39 is 0 Å². The van der Waals surface area contributed by atoms with Gasteiger partial charge in [0, 0.05) is 12.6 Å². The average molecular weight is 208 g/mol. The second-order valence-electron chi connectivity index (χ2n) is 5.91. The summed E-state index contributed by atoms with van der Waals surface area (Å²) in [4.78, 5) is 2.82. The summed E-state index contributed by atoms with van der Waals surface area (Å²) in [5.74, 6) is 0. The first-order chi connectivity index (χ1) is 7.38. The van der Waals surface area contributed by atoms with Gasteiger partial charge in [0.2, 0.25) is 0 Å². The Kier molecular flexibility index (Phi) is 2.73. The zero-order valence-corrected chi connectivity index (χ0v) is 9.80. The van der Waals surface area contributed by atoms with Crippen LogP contribution in [0.15, 0.2) is 0 Å². The van der Waals surface area contributed by atoms with Gasteiger partial charge in [-0.25, -0.2) is 0 Å². The van der Waals surface area contributed by atoms with Gasteiger partial charge in [0.25, 0.3) is 0 Å².